The number of benzene rings is 2. The number of carbonyl (C=O) groups is 1. The van der Waals surface area contributed by atoms with Crippen LogP contribution < -0.4 is 5.73 Å². The minimum atomic E-state index is -0.702. The van der Waals surface area contributed by atoms with E-state index in [2.05, 4.69) is 18.2 Å². The van der Waals surface area contributed by atoms with Crippen LogP contribution in [-0.4, -0.2) is 18.4 Å². The van der Waals surface area contributed by atoms with Gasteiger partial charge < -0.3 is 5.73 Å². The number of hydrogen-bond donors (Lipinski definition) is 1. The maximum absolute atomic E-state index is 11.4. The van der Waals surface area contributed by atoms with Crippen molar-refractivity contribution in [3.05, 3.63) is 64.6 Å². The van der Waals surface area contributed by atoms with Crippen LogP contribution in [-0.2, 0) is 4.79 Å². The molecule has 0 aliphatic rings. The fourth-order valence-electron chi connectivity index (χ4n) is 2.27. The van der Waals surface area contributed by atoms with E-state index in [-0.39, 0.29) is 5.57 Å². The SMILES string of the molecule is CSC(/C=C(/SC)c1cccc2ccccc12)=C(/C#N)C(N)=O. The summed E-state index contributed by atoms with van der Waals surface area (Å²) in [7, 11) is 0. The van der Waals surface area contributed by atoms with Gasteiger partial charge in [-0.1, -0.05) is 42.5 Å². The molecule has 0 saturated heterocycles. The third-order valence-corrected chi connectivity index (χ3v) is 4.90. The molecule has 3 nitrogen and oxygen atoms in total. The van der Waals surface area contributed by atoms with E-state index in [0.717, 1.165) is 21.2 Å². The molecule has 5 heteroatoms. The van der Waals surface area contributed by atoms with Crippen LogP contribution in [0.15, 0.2) is 59.0 Å². The van der Waals surface area contributed by atoms with Crippen LogP contribution in [0.1, 0.15) is 5.56 Å². The number of primary amides is 1. The maximum Gasteiger partial charge on any atom is 0.260 e. The molecule has 2 rings (SSSR count). The first-order valence-electron chi connectivity index (χ1n) is 6.84. The van der Waals surface area contributed by atoms with Crippen LogP contribution in [0.25, 0.3) is 15.7 Å². The Kier molecular flexibility index (Phi) is 5.91. The summed E-state index contributed by atoms with van der Waals surface area (Å²) in [5, 5.41) is 11.4. The maximum atomic E-state index is 11.4. The summed E-state index contributed by atoms with van der Waals surface area (Å²) in [5.41, 5.74) is 6.36. The molecule has 0 fully saturated rings. The molecule has 2 aromatic carbocycles. The van der Waals surface area contributed by atoms with Crippen molar-refractivity contribution < 1.29 is 4.79 Å². The summed E-state index contributed by atoms with van der Waals surface area (Å²) < 4.78 is 0. The lowest BCUT2D eigenvalue weighted by Gasteiger charge is -2.10. The first-order chi connectivity index (χ1) is 11.1. The molecule has 0 radical (unpaired) electrons. The summed E-state index contributed by atoms with van der Waals surface area (Å²) >= 11 is 2.91. The van der Waals surface area contributed by atoms with Crippen molar-refractivity contribution in [1.29, 1.82) is 5.26 Å². The minimum Gasteiger partial charge on any atom is -0.365 e. The van der Waals surface area contributed by atoms with E-state index in [9.17, 15) is 4.79 Å². The van der Waals surface area contributed by atoms with Crippen molar-refractivity contribution in [2.24, 2.45) is 5.73 Å². The molecule has 0 bridgehead atoms. The van der Waals surface area contributed by atoms with Gasteiger partial charge in [0.25, 0.3) is 5.91 Å². The van der Waals surface area contributed by atoms with Crippen molar-refractivity contribution in [1.82, 2.24) is 0 Å². The van der Waals surface area contributed by atoms with Gasteiger partial charge in [-0.3, -0.25) is 4.79 Å². The molecule has 0 aliphatic carbocycles. The second kappa shape index (κ2) is 7.91. The molecule has 0 atom stereocenters. The number of carbonyl (C=O) groups excluding carboxylic acids is 1. The molecule has 23 heavy (non-hydrogen) atoms. The number of rotatable bonds is 5. The van der Waals surface area contributed by atoms with Crippen molar-refractivity contribution in [3.63, 3.8) is 0 Å². The topological polar surface area (TPSA) is 66.9 Å². The molecular weight excluding hydrogens is 324 g/mol. The lowest BCUT2D eigenvalue weighted by Crippen LogP contribution is -2.13. The summed E-state index contributed by atoms with van der Waals surface area (Å²) in [4.78, 5) is 13.0. The Morgan fingerprint density at radius 3 is 2.43 bits per heavy atom. The first kappa shape index (κ1) is 17.2. The van der Waals surface area contributed by atoms with E-state index < -0.39 is 5.91 Å². The van der Waals surface area contributed by atoms with E-state index in [1.807, 2.05) is 48.9 Å². The normalized spacial score (nSPS) is 12.7. The van der Waals surface area contributed by atoms with Crippen LogP contribution in [0.5, 0.6) is 0 Å². The molecule has 0 spiro atoms. The van der Waals surface area contributed by atoms with Crippen LogP contribution in [0, 0.1) is 11.3 Å². The van der Waals surface area contributed by atoms with E-state index in [1.165, 1.54) is 11.8 Å². The number of allylic oxidation sites excluding steroid dienone is 1. The molecule has 0 aliphatic heterocycles. The van der Waals surface area contributed by atoms with Crippen molar-refractivity contribution in [2.45, 2.75) is 0 Å². The van der Waals surface area contributed by atoms with Crippen LogP contribution in [0.4, 0.5) is 0 Å². The van der Waals surface area contributed by atoms with Gasteiger partial charge in [0.05, 0.1) is 0 Å². The number of amides is 1. The van der Waals surface area contributed by atoms with E-state index >= 15 is 0 Å². The van der Waals surface area contributed by atoms with Crippen molar-refractivity contribution in [2.75, 3.05) is 12.5 Å². The number of thioether (sulfide) groups is 2. The molecule has 0 heterocycles. The average molecular weight is 340 g/mol. The summed E-state index contributed by atoms with van der Waals surface area (Å²) in [6, 6.07) is 16.1. The largest absolute Gasteiger partial charge is 0.365 e. The lowest BCUT2D eigenvalue weighted by molar-refractivity contribution is -0.114. The molecule has 116 valence electrons. The van der Waals surface area contributed by atoms with Crippen LogP contribution in [0.2, 0.25) is 0 Å². The zero-order chi connectivity index (χ0) is 16.8. The molecule has 1 amide bonds. The highest BCUT2D eigenvalue weighted by Gasteiger charge is 2.12. The van der Waals surface area contributed by atoms with E-state index in [0.29, 0.717) is 4.91 Å². The number of nitrogens with two attached hydrogens (primary N) is 1. The van der Waals surface area contributed by atoms with Crippen molar-refractivity contribution >= 4 is 45.1 Å². The minimum absolute atomic E-state index is 0.00992. The Morgan fingerprint density at radius 2 is 1.83 bits per heavy atom. The molecule has 2 N–H and O–H groups in total. The molecule has 0 saturated carbocycles. The second-order valence-corrected chi connectivity index (χ2v) is 6.35. The smallest absolute Gasteiger partial charge is 0.260 e. The Labute approximate surface area is 144 Å². The van der Waals surface area contributed by atoms with Gasteiger partial charge in [0.15, 0.2) is 0 Å². The highest BCUT2D eigenvalue weighted by atomic mass is 32.2. The van der Waals surface area contributed by atoms with Crippen molar-refractivity contribution in [3.8, 4) is 6.07 Å². The van der Waals surface area contributed by atoms with Crippen LogP contribution >= 0.6 is 23.5 Å². The predicted octanol–water partition coefficient (Wildman–Crippen LogP) is 4.17. The summed E-state index contributed by atoms with van der Waals surface area (Å²) in [6.07, 6.45) is 5.66. The predicted molar refractivity (Wildman–Crippen MR) is 101 cm³/mol. The summed E-state index contributed by atoms with van der Waals surface area (Å²) in [5.74, 6) is -0.702. The van der Waals surface area contributed by atoms with E-state index in [4.69, 9.17) is 11.0 Å². The van der Waals surface area contributed by atoms with Gasteiger partial charge in [-0.2, -0.15) is 5.26 Å². The Morgan fingerprint density at radius 1 is 1.13 bits per heavy atom. The third-order valence-electron chi connectivity index (χ3n) is 3.36. The zero-order valence-corrected chi connectivity index (χ0v) is 14.5. The van der Waals surface area contributed by atoms with Gasteiger partial charge in [-0.05, 0) is 34.9 Å². The molecule has 2 aromatic rings. The lowest BCUT2D eigenvalue weighted by atomic mass is 10.0. The second-order valence-electron chi connectivity index (χ2n) is 4.66. The Hall–Kier alpha value is -2.16. The van der Waals surface area contributed by atoms with Gasteiger partial charge >= 0.3 is 0 Å². The van der Waals surface area contributed by atoms with Gasteiger partial charge in [-0.15, -0.1) is 23.5 Å². The van der Waals surface area contributed by atoms with E-state index in [1.54, 1.807) is 11.8 Å². The fourth-order valence-corrected chi connectivity index (χ4v) is 3.57. The van der Waals surface area contributed by atoms with Gasteiger partial charge in [-0.25, -0.2) is 0 Å². The number of nitrogens with zero attached hydrogens (tertiary/aromatic N) is 1. The number of hydrogen-bond acceptors (Lipinski definition) is 4. The van der Waals surface area contributed by atoms with Gasteiger partial charge in [0.1, 0.15) is 11.6 Å². The zero-order valence-electron chi connectivity index (χ0n) is 12.9. The molecular formula is C18H16N2OS2. The first-order valence-corrected chi connectivity index (χ1v) is 9.29. The Balaban J connectivity index is 2.67. The fraction of sp³-hybridized carbons (Fsp3) is 0.111. The van der Waals surface area contributed by atoms with Gasteiger partial charge in [0.2, 0.25) is 0 Å². The highest BCUT2D eigenvalue weighted by Crippen LogP contribution is 2.34. The highest BCUT2D eigenvalue weighted by molar-refractivity contribution is 8.08. The average Bonchev–Trinajstić information content (AvgIpc) is 2.58. The monoisotopic (exact) mass is 340 g/mol. The number of nitriles is 1. The van der Waals surface area contributed by atoms with Gasteiger partial charge in [0, 0.05) is 9.81 Å². The standard InChI is InChI=1S/C18H16N2OS2/c1-22-16(10-17(23-2)15(11-19)18(20)21)14-9-5-7-12-6-3-4-8-13(12)14/h3-10H,1-2H3,(H2,20,21)/b16-10+,17-15-. The van der Waals surface area contributed by atoms with Crippen LogP contribution in [0.3, 0.4) is 0 Å². The molecule has 0 unspecified atom stereocenters. The molecule has 0 aromatic heterocycles. The third kappa shape index (κ3) is 3.79. The Bertz CT molecular complexity index is 842. The number of fused-ring (bicyclic) bond motifs is 1. The quantitative estimate of drug-likeness (QED) is 0.504. The summed E-state index contributed by atoms with van der Waals surface area (Å²) in [6.45, 7) is 0.